The molecule has 4 rings (SSSR count). The van der Waals surface area contributed by atoms with E-state index < -0.39 is 6.04 Å². The van der Waals surface area contributed by atoms with Crippen LogP contribution in [0.2, 0.25) is 10.0 Å². The first-order valence-electron chi connectivity index (χ1n) is 10.9. The van der Waals surface area contributed by atoms with Crippen molar-refractivity contribution in [3.63, 3.8) is 0 Å². The molecule has 1 aliphatic heterocycles. The molecule has 0 radical (unpaired) electrons. The van der Waals surface area contributed by atoms with Crippen LogP contribution >= 0.6 is 23.2 Å². The summed E-state index contributed by atoms with van der Waals surface area (Å²) in [6, 6.07) is 19.1. The van der Waals surface area contributed by atoms with Crippen molar-refractivity contribution in [3.8, 4) is 0 Å². The molecule has 1 unspecified atom stereocenters. The first-order chi connectivity index (χ1) is 16.3. The number of benzodiazepines with no additional fused rings is 1. The fourth-order valence-electron chi connectivity index (χ4n) is 3.70. The Kier molecular flexibility index (Phi) is 7.20. The summed E-state index contributed by atoms with van der Waals surface area (Å²) >= 11 is 12.6. The third kappa shape index (κ3) is 5.58. The molecular weight excluding hydrogens is 471 g/mol. The zero-order chi connectivity index (χ0) is 24.2. The Morgan fingerprint density at radius 2 is 1.79 bits per heavy atom. The molecule has 1 heterocycles. The van der Waals surface area contributed by atoms with E-state index in [0.29, 0.717) is 33.6 Å². The number of rotatable bonds is 5. The summed E-state index contributed by atoms with van der Waals surface area (Å²) < 4.78 is 0. The molecule has 3 aromatic rings. The number of carbonyl (C=O) groups excluding carboxylic acids is 2. The molecular formula is C26H24Cl2N4O2. The molecule has 0 bridgehead atoms. The van der Waals surface area contributed by atoms with Gasteiger partial charge in [0.2, 0.25) is 5.91 Å². The third-order valence-corrected chi connectivity index (χ3v) is 5.89. The molecule has 6 nitrogen and oxygen atoms in total. The molecule has 0 aromatic heterocycles. The first-order valence-corrected chi connectivity index (χ1v) is 11.7. The van der Waals surface area contributed by atoms with Crippen molar-refractivity contribution in [3.05, 3.63) is 93.5 Å². The highest BCUT2D eigenvalue weighted by Gasteiger charge is 2.27. The number of nitrogens with one attached hydrogen (secondary N) is 3. The normalized spacial score (nSPS) is 15.1. The number of halogens is 2. The maximum absolute atomic E-state index is 13.1. The minimum atomic E-state index is -0.685. The van der Waals surface area contributed by atoms with E-state index in [0.717, 1.165) is 16.7 Å². The number of hydrogen-bond acceptors (Lipinski definition) is 3. The van der Waals surface area contributed by atoms with E-state index >= 15 is 0 Å². The van der Waals surface area contributed by atoms with Crippen molar-refractivity contribution in [1.82, 2.24) is 5.32 Å². The second-order valence-electron chi connectivity index (χ2n) is 8.30. The minimum Gasteiger partial charge on any atom is -0.336 e. The van der Waals surface area contributed by atoms with Crippen molar-refractivity contribution in [2.45, 2.75) is 32.4 Å². The lowest BCUT2D eigenvalue weighted by atomic mass is 10.00. The van der Waals surface area contributed by atoms with E-state index in [1.807, 2.05) is 44.2 Å². The topological polar surface area (TPSA) is 82.6 Å². The van der Waals surface area contributed by atoms with Gasteiger partial charge in [-0.1, -0.05) is 53.5 Å². The van der Waals surface area contributed by atoms with E-state index in [1.54, 1.807) is 36.4 Å². The SMILES string of the molecule is CC(C)NC(=O)Nc1ccc(C2=NC(Cc3ccccc3Cl)C(=O)Nc3ccc(Cl)cc32)cc1. The average Bonchev–Trinajstić information content (AvgIpc) is 2.92. The molecule has 3 aromatic carbocycles. The fraction of sp³-hybridized carbons (Fsp3) is 0.192. The van der Waals surface area contributed by atoms with Crippen LogP contribution in [-0.2, 0) is 11.2 Å². The molecule has 174 valence electrons. The Morgan fingerprint density at radius 1 is 1.06 bits per heavy atom. The molecule has 8 heteroatoms. The lowest BCUT2D eigenvalue weighted by Gasteiger charge is -2.13. The van der Waals surface area contributed by atoms with Crippen LogP contribution in [0, 0.1) is 0 Å². The molecule has 3 amide bonds. The number of hydrogen-bond donors (Lipinski definition) is 3. The van der Waals surface area contributed by atoms with E-state index in [-0.39, 0.29) is 18.0 Å². The fourth-order valence-corrected chi connectivity index (χ4v) is 4.09. The second-order valence-corrected chi connectivity index (χ2v) is 9.14. The number of aliphatic imine (C=N–C) groups is 1. The van der Waals surface area contributed by atoms with Crippen LogP contribution in [0.15, 0.2) is 71.7 Å². The predicted octanol–water partition coefficient (Wildman–Crippen LogP) is 5.92. The van der Waals surface area contributed by atoms with Crippen molar-refractivity contribution in [2.75, 3.05) is 10.6 Å². The number of urea groups is 1. The second kappa shape index (κ2) is 10.3. The monoisotopic (exact) mass is 494 g/mol. The Labute approximate surface area is 208 Å². The standard InChI is InChI=1S/C26H24Cl2N4O2/c1-15(2)29-26(34)30-19-10-7-16(8-11-19)24-20-14-18(27)9-12-22(20)32-25(33)23(31-24)13-17-5-3-4-6-21(17)28/h3-12,14-15,23H,13H2,1-2H3,(H,32,33)(H2,29,30,34). The van der Waals surface area contributed by atoms with Gasteiger partial charge in [0.05, 0.1) is 11.4 Å². The minimum absolute atomic E-state index is 0.0287. The number of fused-ring (bicyclic) bond motifs is 1. The lowest BCUT2D eigenvalue weighted by molar-refractivity contribution is -0.117. The van der Waals surface area contributed by atoms with Crippen LogP contribution in [0.4, 0.5) is 16.2 Å². The Morgan fingerprint density at radius 3 is 2.50 bits per heavy atom. The lowest BCUT2D eigenvalue weighted by Crippen LogP contribution is -2.34. The summed E-state index contributed by atoms with van der Waals surface area (Å²) in [5.41, 5.74) is 4.26. The molecule has 0 aliphatic carbocycles. The van der Waals surface area contributed by atoms with Gasteiger partial charge in [0.1, 0.15) is 6.04 Å². The van der Waals surface area contributed by atoms with Gasteiger partial charge in [0.25, 0.3) is 0 Å². The maximum Gasteiger partial charge on any atom is 0.319 e. The predicted molar refractivity (Wildman–Crippen MR) is 138 cm³/mol. The highest BCUT2D eigenvalue weighted by molar-refractivity contribution is 6.32. The zero-order valence-corrected chi connectivity index (χ0v) is 20.2. The molecule has 0 spiro atoms. The van der Waals surface area contributed by atoms with Gasteiger partial charge in [-0.15, -0.1) is 0 Å². The van der Waals surface area contributed by atoms with Crippen LogP contribution in [0.5, 0.6) is 0 Å². The third-order valence-electron chi connectivity index (χ3n) is 5.29. The highest BCUT2D eigenvalue weighted by Crippen LogP contribution is 2.29. The molecule has 0 saturated heterocycles. The number of benzene rings is 3. The Bertz CT molecular complexity index is 1260. The molecule has 3 N–H and O–H groups in total. The van der Waals surface area contributed by atoms with E-state index in [9.17, 15) is 9.59 Å². The molecule has 1 aliphatic rings. The highest BCUT2D eigenvalue weighted by atomic mass is 35.5. The average molecular weight is 495 g/mol. The van der Waals surface area contributed by atoms with Gasteiger partial charge in [-0.05, 0) is 55.8 Å². The van der Waals surface area contributed by atoms with Crippen molar-refractivity contribution < 1.29 is 9.59 Å². The maximum atomic E-state index is 13.1. The Balaban J connectivity index is 1.71. The molecule has 0 saturated carbocycles. The quantitative estimate of drug-likeness (QED) is 0.411. The van der Waals surface area contributed by atoms with Gasteiger partial charge >= 0.3 is 6.03 Å². The summed E-state index contributed by atoms with van der Waals surface area (Å²) in [7, 11) is 0. The summed E-state index contributed by atoms with van der Waals surface area (Å²) in [6.45, 7) is 3.79. The Hall–Kier alpha value is -3.35. The zero-order valence-electron chi connectivity index (χ0n) is 18.7. The largest absolute Gasteiger partial charge is 0.336 e. The molecule has 34 heavy (non-hydrogen) atoms. The van der Waals surface area contributed by atoms with Gasteiger partial charge in [-0.25, -0.2) is 4.79 Å². The molecule has 1 atom stereocenters. The van der Waals surface area contributed by atoms with Crippen LogP contribution in [0.3, 0.4) is 0 Å². The summed E-state index contributed by atoms with van der Waals surface area (Å²) in [4.78, 5) is 30.0. The van der Waals surface area contributed by atoms with E-state index in [4.69, 9.17) is 28.2 Å². The van der Waals surface area contributed by atoms with Crippen molar-refractivity contribution in [1.29, 1.82) is 0 Å². The van der Waals surface area contributed by atoms with E-state index in [1.165, 1.54) is 0 Å². The first kappa shape index (κ1) is 23.8. The summed E-state index contributed by atoms with van der Waals surface area (Å²) in [5.74, 6) is -0.220. The smallest absolute Gasteiger partial charge is 0.319 e. The molecule has 0 fully saturated rings. The van der Waals surface area contributed by atoms with Gasteiger partial charge in [0.15, 0.2) is 0 Å². The number of amides is 3. The number of anilines is 2. The van der Waals surface area contributed by atoms with Crippen LogP contribution in [0.1, 0.15) is 30.5 Å². The van der Waals surface area contributed by atoms with Gasteiger partial charge in [0, 0.05) is 39.3 Å². The van der Waals surface area contributed by atoms with Crippen molar-refractivity contribution in [2.24, 2.45) is 4.99 Å². The van der Waals surface area contributed by atoms with Crippen molar-refractivity contribution >= 4 is 52.2 Å². The van der Waals surface area contributed by atoms with Gasteiger partial charge in [-0.2, -0.15) is 0 Å². The summed E-state index contributed by atoms with van der Waals surface area (Å²) in [5, 5.41) is 9.70. The van der Waals surface area contributed by atoms with E-state index in [2.05, 4.69) is 16.0 Å². The number of carbonyl (C=O) groups is 2. The van der Waals surface area contributed by atoms with Crippen LogP contribution in [0.25, 0.3) is 0 Å². The van der Waals surface area contributed by atoms with Crippen LogP contribution in [-0.4, -0.2) is 29.7 Å². The summed E-state index contributed by atoms with van der Waals surface area (Å²) in [6.07, 6.45) is 0.353. The van der Waals surface area contributed by atoms with Crippen LogP contribution < -0.4 is 16.0 Å². The van der Waals surface area contributed by atoms with Gasteiger partial charge in [-0.3, -0.25) is 9.79 Å². The number of nitrogens with zero attached hydrogens (tertiary/aromatic N) is 1. The van der Waals surface area contributed by atoms with Gasteiger partial charge < -0.3 is 16.0 Å².